The largest absolute Gasteiger partial charge is 0.388 e. The predicted molar refractivity (Wildman–Crippen MR) is 58.7 cm³/mol. The third kappa shape index (κ3) is 1.97. The van der Waals surface area contributed by atoms with Crippen molar-refractivity contribution in [1.82, 2.24) is 15.0 Å². The maximum Gasteiger partial charge on any atom is 0.223 e. The summed E-state index contributed by atoms with van der Waals surface area (Å²) < 4.78 is 4.93. The second-order valence-corrected chi connectivity index (χ2v) is 5.53. The number of rotatable bonds is 2. The van der Waals surface area contributed by atoms with Crippen LogP contribution in [0, 0.1) is 12.3 Å². The highest BCUT2D eigenvalue weighted by atomic mass is 16.5. The smallest absolute Gasteiger partial charge is 0.223 e. The third-order valence-electron chi connectivity index (χ3n) is 3.54. The van der Waals surface area contributed by atoms with E-state index in [1.807, 2.05) is 6.92 Å². The molecule has 0 aromatic carbocycles. The molecular weight excluding hydrogens is 206 g/mol. The lowest BCUT2D eigenvalue weighted by Gasteiger charge is -2.31. The van der Waals surface area contributed by atoms with E-state index in [2.05, 4.69) is 28.9 Å². The highest BCUT2D eigenvalue weighted by molar-refractivity contribution is 5.01. The molecule has 0 amide bonds. The molecule has 1 fully saturated rings. The van der Waals surface area contributed by atoms with Crippen molar-refractivity contribution < 1.29 is 9.63 Å². The maximum atomic E-state index is 10.3. The van der Waals surface area contributed by atoms with E-state index in [1.165, 1.54) is 0 Å². The van der Waals surface area contributed by atoms with Crippen LogP contribution in [0.15, 0.2) is 4.52 Å². The van der Waals surface area contributed by atoms with Gasteiger partial charge in [-0.15, -0.1) is 0 Å². The SMILES string of the molecule is Cc1nc(CN2CC(C)(C)[C@](C)(O)C2)no1. The average molecular weight is 225 g/mol. The summed E-state index contributed by atoms with van der Waals surface area (Å²) in [6.45, 7) is 9.94. The van der Waals surface area contributed by atoms with Crippen molar-refractivity contribution in [3.63, 3.8) is 0 Å². The first-order valence-corrected chi connectivity index (χ1v) is 5.54. The normalized spacial score (nSPS) is 29.8. The van der Waals surface area contributed by atoms with E-state index in [0.29, 0.717) is 24.8 Å². The zero-order valence-electron chi connectivity index (χ0n) is 10.3. The number of hydrogen-bond acceptors (Lipinski definition) is 5. The van der Waals surface area contributed by atoms with Gasteiger partial charge in [-0.2, -0.15) is 4.98 Å². The van der Waals surface area contributed by atoms with E-state index in [0.717, 1.165) is 6.54 Å². The predicted octanol–water partition coefficient (Wildman–Crippen LogP) is 0.971. The molecule has 0 radical (unpaired) electrons. The second kappa shape index (κ2) is 3.53. The second-order valence-electron chi connectivity index (χ2n) is 5.53. The Labute approximate surface area is 95.4 Å². The Morgan fingerprint density at radius 3 is 2.50 bits per heavy atom. The highest BCUT2D eigenvalue weighted by Crippen LogP contribution is 2.38. The lowest BCUT2D eigenvalue weighted by Crippen LogP contribution is -2.40. The van der Waals surface area contributed by atoms with Gasteiger partial charge in [-0.3, -0.25) is 4.90 Å². The Kier molecular flexibility index (Phi) is 2.55. The number of aryl methyl sites for hydroxylation is 1. The molecule has 1 saturated heterocycles. The molecule has 0 spiro atoms. The topological polar surface area (TPSA) is 62.4 Å². The van der Waals surface area contributed by atoms with Crippen molar-refractivity contribution in [2.75, 3.05) is 13.1 Å². The van der Waals surface area contributed by atoms with Crippen LogP contribution in [-0.4, -0.2) is 38.8 Å². The van der Waals surface area contributed by atoms with E-state index >= 15 is 0 Å². The summed E-state index contributed by atoms with van der Waals surface area (Å²) in [5.41, 5.74) is -0.766. The molecule has 1 aromatic heterocycles. The van der Waals surface area contributed by atoms with Crippen LogP contribution in [0.2, 0.25) is 0 Å². The molecule has 2 heterocycles. The summed E-state index contributed by atoms with van der Waals surface area (Å²) in [4.78, 5) is 6.33. The van der Waals surface area contributed by atoms with Gasteiger partial charge in [0.15, 0.2) is 5.82 Å². The van der Waals surface area contributed by atoms with Gasteiger partial charge < -0.3 is 9.63 Å². The lowest BCUT2D eigenvalue weighted by atomic mass is 9.79. The van der Waals surface area contributed by atoms with Gasteiger partial charge in [-0.05, 0) is 6.92 Å². The summed E-state index contributed by atoms with van der Waals surface area (Å²) in [5.74, 6) is 1.27. The Balaban J connectivity index is 2.04. The number of nitrogens with zero attached hydrogens (tertiary/aromatic N) is 3. The Morgan fingerprint density at radius 2 is 2.06 bits per heavy atom. The molecule has 0 saturated carbocycles. The zero-order chi connectivity index (χ0) is 12.0. The minimum absolute atomic E-state index is 0.105. The van der Waals surface area contributed by atoms with Crippen molar-refractivity contribution in [1.29, 1.82) is 0 Å². The van der Waals surface area contributed by atoms with E-state index in [-0.39, 0.29) is 5.41 Å². The molecule has 0 bridgehead atoms. The first-order chi connectivity index (χ1) is 7.30. The highest BCUT2D eigenvalue weighted by Gasteiger charge is 2.47. The van der Waals surface area contributed by atoms with Crippen LogP contribution in [0.3, 0.4) is 0 Å². The summed E-state index contributed by atoms with van der Waals surface area (Å²) in [7, 11) is 0. The molecule has 1 aliphatic heterocycles. The van der Waals surface area contributed by atoms with Crippen molar-refractivity contribution in [2.45, 2.75) is 39.8 Å². The summed E-state index contributed by atoms with van der Waals surface area (Å²) in [6, 6.07) is 0. The molecule has 2 rings (SSSR count). The van der Waals surface area contributed by atoms with Crippen LogP contribution in [0.25, 0.3) is 0 Å². The fraction of sp³-hybridized carbons (Fsp3) is 0.818. The monoisotopic (exact) mass is 225 g/mol. The van der Waals surface area contributed by atoms with Gasteiger partial charge >= 0.3 is 0 Å². The van der Waals surface area contributed by atoms with Gasteiger partial charge in [-0.25, -0.2) is 0 Å². The molecule has 90 valence electrons. The molecule has 5 nitrogen and oxygen atoms in total. The van der Waals surface area contributed by atoms with Gasteiger partial charge in [0.1, 0.15) is 0 Å². The van der Waals surface area contributed by atoms with Gasteiger partial charge in [-0.1, -0.05) is 19.0 Å². The van der Waals surface area contributed by atoms with Crippen LogP contribution in [0.4, 0.5) is 0 Å². The van der Waals surface area contributed by atoms with Gasteiger partial charge in [0.05, 0.1) is 12.1 Å². The fourth-order valence-electron chi connectivity index (χ4n) is 2.15. The molecule has 1 aliphatic rings. The molecule has 16 heavy (non-hydrogen) atoms. The molecule has 5 heteroatoms. The van der Waals surface area contributed by atoms with Crippen LogP contribution < -0.4 is 0 Å². The minimum atomic E-state index is -0.661. The molecule has 0 unspecified atom stereocenters. The van der Waals surface area contributed by atoms with Crippen LogP contribution in [0.5, 0.6) is 0 Å². The Morgan fingerprint density at radius 1 is 1.38 bits per heavy atom. The number of hydrogen-bond donors (Lipinski definition) is 1. The van der Waals surface area contributed by atoms with Gasteiger partial charge in [0, 0.05) is 25.4 Å². The summed E-state index contributed by atoms with van der Waals surface area (Å²) in [5, 5.41) is 14.1. The van der Waals surface area contributed by atoms with E-state index in [9.17, 15) is 5.11 Å². The van der Waals surface area contributed by atoms with Crippen molar-refractivity contribution >= 4 is 0 Å². The third-order valence-corrected chi connectivity index (χ3v) is 3.54. The van der Waals surface area contributed by atoms with Crippen molar-refractivity contribution in [3.05, 3.63) is 11.7 Å². The molecule has 0 aliphatic carbocycles. The molecule has 1 atom stereocenters. The molecule has 1 aromatic rings. The fourth-order valence-corrected chi connectivity index (χ4v) is 2.15. The van der Waals surface area contributed by atoms with E-state index in [4.69, 9.17) is 4.52 Å². The van der Waals surface area contributed by atoms with E-state index in [1.54, 1.807) is 6.92 Å². The van der Waals surface area contributed by atoms with Crippen molar-refractivity contribution in [3.8, 4) is 0 Å². The Hall–Kier alpha value is -0.940. The number of β-amino-alcohol motifs (C(OH)–C–C–N with tert-alkyl or cyclic N) is 1. The average Bonchev–Trinajstić information content (AvgIpc) is 2.56. The van der Waals surface area contributed by atoms with E-state index < -0.39 is 5.60 Å². The Bertz CT molecular complexity index is 368. The molecule has 1 N–H and O–H groups in total. The first-order valence-electron chi connectivity index (χ1n) is 5.54. The van der Waals surface area contributed by atoms with Crippen LogP contribution >= 0.6 is 0 Å². The summed E-state index contributed by atoms with van der Waals surface area (Å²) in [6.07, 6.45) is 0. The van der Waals surface area contributed by atoms with Crippen molar-refractivity contribution in [2.24, 2.45) is 5.41 Å². The first kappa shape index (κ1) is 11.5. The van der Waals surface area contributed by atoms with Gasteiger partial charge in [0.25, 0.3) is 0 Å². The maximum absolute atomic E-state index is 10.3. The van der Waals surface area contributed by atoms with Gasteiger partial charge in [0.2, 0.25) is 5.89 Å². The lowest BCUT2D eigenvalue weighted by molar-refractivity contribution is -0.0111. The van der Waals surface area contributed by atoms with Crippen LogP contribution in [-0.2, 0) is 6.54 Å². The molecular formula is C11H19N3O2. The minimum Gasteiger partial charge on any atom is -0.388 e. The zero-order valence-corrected chi connectivity index (χ0v) is 10.3. The quantitative estimate of drug-likeness (QED) is 0.812. The van der Waals surface area contributed by atoms with Crippen LogP contribution in [0.1, 0.15) is 32.5 Å². The summed E-state index contributed by atoms with van der Waals surface area (Å²) >= 11 is 0. The standard InChI is InChI=1S/C11H19N3O2/c1-8-12-9(13-16-8)5-14-6-10(2,3)11(4,15)7-14/h15H,5-7H2,1-4H3/t11-/m1/s1. The number of aromatic nitrogens is 2. The number of likely N-dealkylation sites (tertiary alicyclic amines) is 1. The number of aliphatic hydroxyl groups is 1.